The number of rotatable bonds is 2. The van der Waals surface area contributed by atoms with Crippen molar-refractivity contribution in [2.45, 2.75) is 32.7 Å². The molecular weight excluding hydrogens is 190 g/mol. The number of hydrogen-bond donors (Lipinski definition) is 1. The molecule has 1 aliphatic rings. The first-order chi connectivity index (χ1) is 6.97. The molecule has 15 heavy (non-hydrogen) atoms. The average Bonchev–Trinajstić information content (AvgIpc) is 2.39. The van der Waals surface area contributed by atoms with E-state index in [1.165, 1.54) is 0 Å². The Labute approximate surface area is 90.4 Å². The van der Waals surface area contributed by atoms with Gasteiger partial charge in [0, 0.05) is 17.4 Å². The molecule has 1 aromatic rings. The fourth-order valence-corrected chi connectivity index (χ4v) is 1.58. The van der Waals surface area contributed by atoms with Crippen LogP contribution in [0, 0.1) is 5.92 Å². The number of nitrogens with two attached hydrogens (primary N) is 1. The van der Waals surface area contributed by atoms with Gasteiger partial charge in [0.2, 0.25) is 0 Å². The van der Waals surface area contributed by atoms with Crippen molar-refractivity contribution in [3.63, 3.8) is 0 Å². The maximum Gasteiger partial charge on any atom is 0.121 e. The number of hydrogen-bond acceptors (Lipinski definition) is 3. The number of ether oxygens (including phenoxy) is 1. The minimum atomic E-state index is 0.0650. The molecule has 0 saturated carbocycles. The van der Waals surface area contributed by atoms with Crippen molar-refractivity contribution < 1.29 is 4.74 Å². The van der Waals surface area contributed by atoms with Crippen LogP contribution in [0.3, 0.4) is 0 Å². The fraction of sp³-hybridized carbons (Fsp3) is 0.727. The molecule has 84 valence electrons. The third-order valence-corrected chi connectivity index (χ3v) is 2.72. The molecule has 4 heteroatoms. The Bertz CT molecular complexity index is 347. The molecule has 1 aromatic heterocycles. The minimum absolute atomic E-state index is 0.0650. The largest absolute Gasteiger partial charge is 0.384 e. The molecule has 2 heterocycles. The van der Waals surface area contributed by atoms with Crippen molar-refractivity contribution in [1.29, 1.82) is 0 Å². The van der Waals surface area contributed by atoms with Crippen LogP contribution in [0.25, 0.3) is 0 Å². The van der Waals surface area contributed by atoms with E-state index in [0.717, 1.165) is 31.3 Å². The molecule has 0 unspecified atom stereocenters. The molecule has 0 atom stereocenters. The highest BCUT2D eigenvalue weighted by molar-refractivity contribution is 5.33. The standard InChI is InChI=1S/C11H19N3O/c1-11(2,3)9-4-10(12)14(13-9)5-8-6-15-7-8/h4,8H,5-7,12H2,1-3H3. The Kier molecular flexibility index (Phi) is 2.46. The summed E-state index contributed by atoms with van der Waals surface area (Å²) in [5, 5.41) is 4.54. The summed E-state index contributed by atoms with van der Waals surface area (Å²) in [5.74, 6) is 1.34. The van der Waals surface area contributed by atoms with Gasteiger partial charge in [-0.25, -0.2) is 4.68 Å². The zero-order valence-corrected chi connectivity index (χ0v) is 9.66. The highest BCUT2D eigenvalue weighted by atomic mass is 16.5. The van der Waals surface area contributed by atoms with Crippen LogP contribution in [0.2, 0.25) is 0 Å². The van der Waals surface area contributed by atoms with Crippen molar-refractivity contribution in [2.75, 3.05) is 18.9 Å². The first-order valence-electron chi connectivity index (χ1n) is 5.38. The SMILES string of the molecule is CC(C)(C)c1cc(N)n(CC2COC2)n1. The lowest BCUT2D eigenvalue weighted by atomic mass is 9.92. The third kappa shape index (κ3) is 2.15. The van der Waals surface area contributed by atoms with Crippen LogP contribution in [0.15, 0.2) is 6.07 Å². The highest BCUT2D eigenvalue weighted by Gasteiger charge is 2.23. The summed E-state index contributed by atoms with van der Waals surface area (Å²) < 4.78 is 7.04. The van der Waals surface area contributed by atoms with E-state index in [2.05, 4.69) is 25.9 Å². The molecule has 1 aliphatic heterocycles. The van der Waals surface area contributed by atoms with Crippen LogP contribution in [0.1, 0.15) is 26.5 Å². The lowest BCUT2D eigenvalue weighted by molar-refractivity contribution is -0.0406. The van der Waals surface area contributed by atoms with Gasteiger partial charge in [-0.05, 0) is 0 Å². The van der Waals surface area contributed by atoms with Gasteiger partial charge in [0.15, 0.2) is 0 Å². The molecule has 1 saturated heterocycles. The maximum atomic E-state index is 5.92. The Hall–Kier alpha value is -1.03. The van der Waals surface area contributed by atoms with Crippen LogP contribution >= 0.6 is 0 Å². The van der Waals surface area contributed by atoms with E-state index in [4.69, 9.17) is 10.5 Å². The summed E-state index contributed by atoms with van der Waals surface area (Å²) >= 11 is 0. The normalized spacial score (nSPS) is 17.8. The van der Waals surface area contributed by atoms with E-state index in [1.807, 2.05) is 10.7 Å². The van der Waals surface area contributed by atoms with Crippen molar-refractivity contribution >= 4 is 5.82 Å². The lowest BCUT2D eigenvalue weighted by Gasteiger charge is -2.26. The van der Waals surface area contributed by atoms with Crippen LogP contribution in [-0.4, -0.2) is 23.0 Å². The van der Waals surface area contributed by atoms with Crippen LogP contribution in [0.4, 0.5) is 5.82 Å². The first-order valence-corrected chi connectivity index (χ1v) is 5.38. The van der Waals surface area contributed by atoms with Crippen molar-refractivity contribution in [3.8, 4) is 0 Å². The zero-order valence-electron chi connectivity index (χ0n) is 9.66. The predicted molar refractivity (Wildman–Crippen MR) is 59.6 cm³/mol. The topological polar surface area (TPSA) is 53.1 Å². The first kappa shape index (κ1) is 10.5. The van der Waals surface area contributed by atoms with Gasteiger partial charge < -0.3 is 10.5 Å². The Morgan fingerprint density at radius 1 is 1.53 bits per heavy atom. The van der Waals surface area contributed by atoms with Crippen LogP contribution in [-0.2, 0) is 16.7 Å². The van der Waals surface area contributed by atoms with Crippen LogP contribution in [0.5, 0.6) is 0 Å². The van der Waals surface area contributed by atoms with E-state index in [1.54, 1.807) is 0 Å². The molecule has 2 N–H and O–H groups in total. The number of nitrogen functional groups attached to an aromatic ring is 1. The Morgan fingerprint density at radius 2 is 2.20 bits per heavy atom. The smallest absolute Gasteiger partial charge is 0.121 e. The van der Waals surface area contributed by atoms with Gasteiger partial charge in [0.05, 0.1) is 25.5 Å². The average molecular weight is 209 g/mol. The van der Waals surface area contributed by atoms with E-state index in [0.29, 0.717) is 5.92 Å². The Balaban J connectivity index is 2.13. The van der Waals surface area contributed by atoms with Gasteiger partial charge in [-0.2, -0.15) is 5.10 Å². The molecule has 2 rings (SSSR count). The third-order valence-electron chi connectivity index (χ3n) is 2.72. The quantitative estimate of drug-likeness (QED) is 0.801. The monoisotopic (exact) mass is 209 g/mol. The fourth-order valence-electron chi connectivity index (χ4n) is 1.58. The molecule has 4 nitrogen and oxygen atoms in total. The lowest BCUT2D eigenvalue weighted by Crippen LogP contribution is -2.32. The number of nitrogens with zero attached hydrogens (tertiary/aromatic N) is 2. The van der Waals surface area contributed by atoms with E-state index in [-0.39, 0.29) is 5.41 Å². The van der Waals surface area contributed by atoms with Gasteiger partial charge in [0.25, 0.3) is 0 Å². The van der Waals surface area contributed by atoms with Crippen molar-refractivity contribution in [1.82, 2.24) is 9.78 Å². The van der Waals surface area contributed by atoms with E-state index < -0.39 is 0 Å². The second kappa shape index (κ2) is 3.52. The second-order valence-corrected chi connectivity index (χ2v) is 5.29. The molecule has 0 bridgehead atoms. The molecule has 1 fully saturated rings. The zero-order chi connectivity index (χ0) is 11.1. The summed E-state index contributed by atoms with van der Waals surface area (Å²) in [5.41, 5.74) is 7.05. The maximum absolute atomic E-state index is 5.92. The van der Waals surface area contributed by atoms with Gasteiger partial charge in [-0.1, -0.05) is 20.8 Å². The predicted octanol–water partition coefficient (Wildman–Crippen LogP) is 1.41. The summed E-state index contributed by atoms with van der Waals surface area (Å²) in [7, 11) is 0. The number of anilines is 1. The molecule has 0 radical (unpaired) electrons. The molecular formula is C11H19N3O. The second-order valence-electron chi connectivity index (χ2n) is 5.29. The molecule has 0 aromatic carbocycles. The molecule has 0 spiro atoms. The summed E-state index contributed by atoms with van der Waals surface area (Å²) in [6.07, 6.45) is 0. The van der Waals surface area contributed by atoms with Gasteiger partial charge in [-0.15, -0.1) is 0 Å². The molecule has 0 amide bonds. The summed E-state index contributed by atoms with van der Waals surface area (Å²) in [6, 6.07) is 1.97. The van der Waals surface area contributed by atoms with Crippen molar-refractivity contribution in [3.05, 3.63) is 11.8 Å². The van der Waals surface area contributed by atoms with Crippen molar-refractivity contribution in [2.24, 2.45) is 5.92 Å². The minimum Gasteiger partial charge on any atom is -0.384 e. The van der Waals surface area contributed by atoms with Gasteiger partial charge >= 0.3 is 0 Å². The van der Waals surface area contributed by atoms with Gasteiger partial charge in [-0.3, -0.25) is 0 Å². The highest BCUT2D eigenvalue weighted by Crippen LogP contribution is 2.23. The van der Waals surface area contributed by atoms with Crippen LogP contribution < -0.4 is 5.73 Å². The van der Waals surface area contributed by atoms with Gasteiger partial charge in [0.1, 0.15) is 5.82 Å². The summed E-state index contributed by atoms with van der Waals surface area (Å²) in [6.45, 7) is 8.99. The van der Waals surface area contributed by atoms with E-state index in [9.17, 15) is 0 Å². The molecule has 0 aliphatic carbocycles. The van der Waals surface area contributed by atoms with E-state index >= 15 is 0 Å². The Morgan fingerprint density at radius 3 is 2.60 bits per heavy atom. The number of aromatic nitrogens is 2. The summed E-state index contributed by atoms with van der Waals surface area (Å²) in [4.78, 5) is 0.